The zero-order chi connectivity index (χ0) is 24.9. The molecule has 0 aliphatic heterocycles. The maximum Gasteiger partial charge on any atom is 0.255 e. The van der Waals surface area contributed by atoms with Gasteiger partial charge in [-0.1, -0.05) is 12.8 Å². The summed E-state index contributed by atoms with van der Waals surface area (Å²) in [7, 11) is 0. The lowest BCUT2D eigenvalue weighted by molar-refractivity contribution is 0.0997. The molecule has 2 amide bonds. The number of aromatic nitrogens is 2. The number of nitrogens with two attached hydrogens (primary N) is 2. The second-order valence-corrected chi connectivity index (χ2v) is 8.33. The highest BCUT2D eigenvalue weighted by Gasteiger charge is 2.24. The number of carbonyl (C=O) groups is 2. The molecule has 3 aromatic rings. The lowest BCUT2D eigenvalue weighted by Crippen LogP contribution is -2.43. The topological polar surface area (TPSA) is 148 Å². The summed E-state index contributed by atoms with van der Waals surface area (Å²) in [5.41, 5.74) is 12.4. The fraction of sp³-hybridized carbons (Fsp3) is 0.250. The van der Waals surface area contributed by atoms with Gasteiger partial charge in [-0.25, -0.2) is 13.8 Å². The molecule has 2 aromatic heterocycles. The van der Waals surface area contributed by atoms with Gasteiger partial charge in [0.05, 0.1) is 29.3 Å². The second-order valence-electron chi connectivity index (χ2n) is 8.33. The van der Waals surface area contributed by atoms with Crippen LogP contribution in [-0.4, -0.2) is 33.9 Å². The van der Waals surface area contributed by atoms with Crippen molar-refractivity contribution in [1.82, 2.24) is 9.97 Å². The van der Waals surface area contributed by atoms with Gasteiger partial charge in [0.15, 0.2) is 11.6 Å². The summed E-state index contributed by atoms with van der Waals surface area (Å²) < 4.78 is 27.8. The first kappa shape index (κ1) is 24.0. The Morgan fingerprint density at radius 3 is 2.40 bits per heavy atom. The number of halogens is 2. The monoisotopic (exact) mass is 481 g/mol. The minimum Gasteiger partial charge on any atom is -0.365 e. The zero-order valence-corrected chi connectivity index (χ0v) is 18.7. The Hall–Kier alpha value is -4.12. The second kappa shape index (κ2) is 10.4. The van der Waals surface area contributed by atoms with E-state index in [9.17, 15) is 18.4 Å². The zero-order valence-electron chi connectivity index (χ0n) is 18.7. The van der Waals surface area contributed by atoms with E-state index >= 15 is 0 Å². The molecule has 35 heavy (non-hydrogen) atoms. The van der Waals surface area contributed by atoms with Crippen molar-refractivity contribution in [2.75, 3.05) is 16.0 Å². The maximum atomic E-state index is 14.7. The average Bonchev–Trinajstić information content (AvgIpc) is 2.83. The highest BCUT2D eigenvalue weighted by atomic mass is 19.1. The number of amides is 2. The van der Waals surface area contributed by atoms with Crippen LogP contribution in [0.3, 0.4) is 0 Å². The van der Waals surface area contributed by atoms with E-state index in [4.69, 9.17) is 11.5 Å². The van der Waals surface area contributed by atoms with Gasteiger partial charge in [0.25, 0.3) is 11.8 Å². The molecule has 1 aliphatic carbocycles. The van der Waals surface area contributed by atoms with Crippen LogP contribution < -0.4 is 27.4 Å². The SMILES string of the molecule is NC(=O)c1cc(F)c(NC2CCCC[C@@H]2N)nc1Nc1cncc(NC(=O)c2ccc(F)cc2)c1. The summed E-state index contributed by atoms with van der Waals surface area (Å²) >= 11 is 0. The number of nitrogens with one attached hydrogen (secondary N) is 3. The van der Waals surface area contributed by atoms with E-state index in [0.717, 1.165) is 31.7 Å². The normalized spacial score (nSPS) is 17.5. The number of nitrogens with zero attached hydrogens (tertiary/aromatic N) is 2. The van der Waals surface area contributed by atoms with E-state index in [1.807, 2.05) is 0 Å². The maximum absolute atomic E-state index is 14.7. The molecule has 0 bridgehead atoms. The number of benzene rings is 1. The van der Waals surface area contributed by atoms with E-state index in [1.54, 1.807) is 6.07 Å². The molecular weight excluding hydrogens is 456 g/mol. The molecule has 2 atom stereocenters. The fourth-order valence-electron chi connectivity index (χ4n) is 3.91. The molecule has 0 radical (unpaired) electrons. The first-order chi connectivity index (χ1) is 16.8. The summed E-state index contributed by atoms with van der Waals surface area (Å²) in [5.74, 6) is -2.53. The molecule has 11 heteroatoms. The van der Waals surface area contributed by atoms with Crippen LogP contribution in [0.4, 0.5) is 31.8 Å². The lowest BCUT2D eigenvalue weighted by atomic mass is 9.91. The predicted molar refractivity (Wildman–Crippen MR) is 128 cm³/mol. The Balaban J connectivity index is 1.56. The minimum absolute atomic E-state index is 0.0228. The standard InChI is InChI=1S/C24H25F2N7O2/c25-14-7-5-13(6-8-14)24(35)31-16-9-15(11-29-12-16)30-22-17(21(28)34)10-18(26)23(33-22)32-20-4-2-1-3-19(20)27/h5-12,19-20H,1-4,27H2,(H2,28,34)(H,31,35)(H2,30,32,33)/t19-,20?/m0/s1. The minimum atomic E-state index is -0.867. The summed E-state index contributed by atoms with van der Waals surface area (Å²) in [4.78, 5) is 32.7. The van der Waals surface area contributed by atoms with Gasteiger partial charge in [-0.05, 0) is 49.2 Å². The molecule has 182 valence electrons. The van der Waals surface area contributed by atoms with Crippen LogP contribution >= 0.6 is 0 Å². The van der Waals surface area contributed by atoms with Crippen molar-refractivity contribution in [2.45, 2.75) is 37.8 Å². The largest absolute Gasteiger partial charge is 0.365 e. The Bertz CT molecular complexity index is 1240. The molecule has 9 nitrogen and oxygen atoms in total. The first-order valence-corrected chi connectivity index (χ1v) is 11.1. The molecule has 2 heterocycles. The Labute approximate surface area is 200 Å². The molecular formula is C24H25F2N7O2. The van der Waals surface area contributed by atoms with Crippen LogP contribution in [0.5, 0.6) is 0 Å². The fourth-order valence-corrected chi connectivity index (χ4v) is 3.91. The molecule has 1 saturated carbocycles. The van der Waals surface area contributed by atoms with E-state index in [0.29, 0.717) is 11.4 Å². The number of anilines is 4. The van der Waals surface area contributed by atoms with Gasteiger partial charge in [0, 0.05) is 17.6 Å². The van der Waals surface area contributed by atoms with Crippen LogP contribution in [0.2, 0.25) is 0 Å². The van der Waals surface area contributed by atoms with Gasteiger partial charge >= 0.3 is 0 Å². The van der Waals surface area contributed by atoms with Crippen molar-refractivity contribution in [3.8, 4) is 0 Å². The van der Waals surface area contributed by atoms with Crippen molar-refractivity contribution in [1.29, 1.82) is 0 Å². The van der Waals surface area contributed by atoms with Gasteiger partial charge in [0.1, 0.15) is 11.6 Å². The van der Waals surface area contributed by atoms with Crippen LogP contribution in [0.15, 0.2) is 48.8 Å². The van der Waals surface area contributed by atoms with Crippen LogP contribution in [0.25, 0.3) is 0 Å². The number of primary amides is 1. The molecule has 0 saturated heterocycles. The average molecular weight is 482 g/mol. The Kier molecular flexibility index (Phi) is 7.16. The highest BCUT2D eigenvalue weighted by molar-refractivity contribution is 6.04. The van der Waals surface area contributed by atoms with Crippen LogP contribution in [0.1, 0.15) is 46.4 Å². The predicted octanol–water partition coefficient (Wildman–Crippen LogP) is 3.53. The third kappa shape index (κ3) is 5.87. The van der Waals surface area contributed by atoms with Crippen molar-refractivity contribution >= 4 is 34.8 Å². The van der Waals surface area contributed by atoms with E-state index in [-0.39, 0.29) is 34.8 Å². The summed E-state index contributed by atoms with van der Waals surface area (Å²) in [5, 5.41) is 8.62. The van der Waals surface area contributed by atoms with E-state index in [1.165, 1.54) is 36.7 Å². The Morgan fingerprint density at radius 1 is 0.971 bits per heavy atom. The molecule has 4 rings (SSSR count). The molecule has 1 fully saturated rings. The third-order valence-corrected chi connectivity index (χ3v) is 5.75. The smallest absolute Gasteiger partial charge is 0.255 e. The number of rotatable bonds is 7. The van der Waals surface area contributed by atoms with Crippen molar-refractivity contribution in [3.63, 3.8) is 0 Å². The van der Waals surface area contributed by atoms with Crippen LogP contribution in [-0.2, 0) is 0 Å². The molecule has 7 N–H and O–H groups in total. The molecule has 1 aromatic carbocycles. The van der Waals surface area contributed by atoms with Gasteiger partial charge in [-0.3, -0.25) is 14.6 Å². The highest BCUT2D eigenvalue weighted by Crippen LogP contribution is 2.27. The summed E-state index contributed by atoms with van der Waals surface area (Å²) in [6.45, 7) is 0. The van der Waals surface area contributed by atoms with Gasteiger partial charge in [-0.2, -0.15) is 0 Å². The lowest BCUT2D eigenvalue weighted by Gasteiger charge is -2.30. The first-order valence-electron chi connectivity index (χ1n) is 11.1. The van der Waals surface area contributed by atoms with Crippen LogP contribution in [0, 0.1) is 11.6 Å². The van der Waals surface area contributed by atoms with Crippen molar-refractivity contribution < 1.29 is 18.4 Å². The molecule has 1 unspecified atom stereocenters. The van der Waals surface area contributed by atoms with Gasteiger partial charge in [-0.15, -0.1) is 0 Å². The molecule has 0 spiro atoms. The number of hydrogen-bond donors (Lipinski definition) is 5. The number of hydrogen-bond acceptors (Lipinski definition) is 7. The summed E-state index contributed by atoms with van der Waals surface area (Å²) in [6.07, 6.45) is 6.45. The quantitative estimate of drug-likeness (QED) is 0.347. The number of carbonyl (C=O) groups excluding carboxylic acids is 2. The van der Waals surface area contributed by atoms with Gasteiger partial charge < -0.3 is 27.4 Å². The van der Waals surface area contributed by atoms with Crippen molar-refractivity contribution in [3.05, 3.63) is 71.6 Å². The molecule has 1 aliphatic rings. The Morgan fingerprint density at radius 2 is 1.69 bits per heavy atom. The van der Waals surface area contributed by atoms with Crippen molar-refractivity contribution in [2.24, 2.45) is 11.5 Å². The van der Waals surface area contributed by atoms with Gasteiger partial charge in [0.2, 0.25) is 0 Å². The number of pyridine rings is 2. The third-order valence-electron chi connectivity index (χ3n) is 5.75. The van der Waals surface area contributed by atoms with E-state index in [2.05, 4.69) is 25.9 Å². The summed E-state index contributed by atoms with van der Waals surface area (Å²) in [6, 6.07) is 7.36. The van der Waals surface area contributed by atoms with E-state index < -0.39 is 23.4 Å².